The molecule has 0 N–H and O–H groups in total. The summed E-state index contributed by atoms with van der Waals surface area (Å²) in [6.45, 7) is 13.8. The molecule has 0 aromatic heterocycles. The molecule has 0 amide bonds. The molecule has 0 fully saturated rings. The van der Waals surface area contributed by atoms with Gasteiger partial charge in [-0.2, -0.15) is 0 Å². The van der Waals surface area contributed by atoms with Gasteiger partial charge in [0, 0.05) is 19.8 Å². The van der Waals surface area contributed by atoms with Crippen LogP contribution in [0.2, 0.25) is 0 Å². The van der Waals surface area contributed by atoms with Crippen LogP contribution in [0, 0.1) is 0 Å². The number of hydrogen-bond acceptors (Lipinski definition) is 1. The van der Waals surface area contributed by atoms with Crippen LogP contribution in [0.4, 0.5) is 5.69 Å². The molecule has 0 heterocycles. The molecule has 0 bridgehead atoms. The minimum absolute atomic E-state index is 0.106. The van der Waals surface area contributed by atoms with Crippen molar-refractivity contribution in [2.75, 3.05) is 19.0 Å². The van der Waals surface area contributed by atoms with Crippen molar-refractivity contribution in [1.82, 2.24) is 0 Å². The normalized spacial score (nSPS) is 12.8. The van der Waals surface area contributed by atoms with Gasteiger partial charge in [0.25, 0.3) is 0 Å². The van der Waals surface area contributed by atoms with Crippen LogP contribution in [0.25, 0.3) is 0 Å². The second kappa shape index (κ2) is 9.10. The van der Waals surface area contributed by atoms with E-state index in [-0.39, 0.29) is 26.3 Å². The molecule has 0 spiro atoms. The molecule has 126 valence electrons. The maximum absolute atomic E-state index is 8.38. The Morgan fingerprint density at radius 2 is 1.43 bits per heavy atom. The van der Waals surface area contributed by atoms with Crippen molar-refractivity contribution < 1.29 is 17.3 Å². The summed E-state index contributed by atoms with van der Waals surface area (Å²) >= 11 is -0.106. The van der Waals surface area contributed by atoms with E-state index < -0.39 is 7.92 Å². The van der Waals surface area contributed by atoms with Crippen molar-refractivity contribution in [2.24, 2.45) is 0 Å². The number of rotatable bonds is 2. The van der Waals surface area contributed by atoms with Crippen LogP contribution < -0.4 is 10.2 Å². The summed E-state index contributed by atoms with van der Waals surface area (Å²) in [6.07, 6.45) is 0. The third-order valence-electron chi connectivity index (χ3n) is 2.88. The number of hydrogen-bond donors (Lipinski definition) is 0. The zero-order chi connectivity index (χ0) is 17.7. The van der Waals surface area contributed by atoms with Crippen molar-refractivity contribution in [3.05, 3.63) is 24.2 Å². The average Bonchev–Trinajstić information content (AvgIpc) is 2.28. The van der Waals surface area contributed by atoms with Gasteiger partial charge in [-0.15, -0.1) is 0 Å². The van der Waals surface area contributed by atoms with Gasteiger partial charge in [0.1, 0.15) is 0 Å². The van der Waals surface area contributed by atoms with Gasteiger partial charge < -0.3 is 4.90 Å². The Kier molecular flexibility index (Phi) is 8.55. The molecule has 0 atom stereocenters. The first-order chi connectivity index (χ1) is 9.86. The fourth-order valence-corrected chi connectivity index (χ4v) is 6.43. The van der Waals surface area contributed by atoms with Gasteiger partial charge in [-0.3, -0.25) is 0 Å². The fourth-order valence-electron chi connectivity index (χ4n) is 2.55. The first-order valence-electron chi connectivity index (χ1n) is 7.27. The van der Waals surface area contributed by atoms with Crippen LogP contribution in [0.15, 0.2) is 24.2 Å². The van der Waals surface area contributed by atoms with Crippen molar-refractivity contribution in [3.63, 3.8) is 0 Å². The molecule has 21 heavy (non-hydrogen) atoms. The summed E-state index contributed by atoms with van der Waals surface area (Å²) in [4.78, 5) is 2.05. The van der Waals surface area contributed by atoms with Gasteiger partial charge in [0.2, 0.25) is 0 Å². The minimum atomic E-state index is -0.396. The Balaban J connectivity index is 0.00000135. The summed E-state index contributed by atoms with van der Waals surface area (Å²) in [5.41, 5.74) is 1.10. The van der Waals surface area contributed by atoms with Gasteiger partial charge in [-0.05, 0) is 27.7 Å². The summed E-state index contributed by atoms with van der Waals surface area (Å²) in [5.74, 6) is 0. The average molecular weight is 444 g/mol. The molecule has 0 saturated carbocycles. The monoisotopic (exact) mass is 442 g/mol. The van der Waals surface area contributed by atoms with E-state index in [1.165, 1.54) is 5.30 Å². The molecule has 0 unspecified atom stereocenters. The van der Waals surface area contributed by atoms with E-state index >= 15 is 0 Å². The number of nitrogens with zero attached hydrogens (tertiary/aromatic N) is 1. The molecule has 0 saturated heterocycles. The van der Waals surface area contributed by atoms with Crippen LogP contribution in [0.1, 0.15) is 42.9 Å². The Morgan fingerprint density at radius 3 is 1.71 bits per heavy atom. The van der Waals surface area contributed by atoms with Crippen LogP contribution in [-0.2, 0) is 15.9 Å². The van der Waals surface area contributed by atoms with Gasteiger partial charge in [0.15, 0.2) is 0 Å². The Bertz CT molecular complexity index is 456. The SMILES string of the molecule is [2H]c1cc(N(C)C)ccc1P(C(C)(C)C)C(C)(C)C.[Cl][Pd][Cl]. The molecule has 1 rings (SSSR count). The molecular weight excluding hydrogens is 414 g/mol. The van der Waals surface area contributed by atoms with E-state index in [1.807, 2.05) is 20.2 Å². The zero-order valence-corrected chi connectivity index (χ0v) is 18.2. The number of anilines is 1. The molecule has 1 aromatic rings. The summed E-state index contributed by atoms with van der Waals surface area (Å²) < 4.78 is 8.38. The van der Waals surface area contributed by atoms with Crippen LogP contribution >= 0.6 is 27.0 Å². The Hall–Kier alpha value is 0.692. The molecular formula is C16H28Cl2NPPd. The van der Waals surface area contributed by atoms with E-state index in [0.29, 0.717) is 6.04 Å². The summed E-state index contributed by atoms with van der Waals surface area (Å²) in [6, 6.07) is 6.98. The summed E-state index contributed by atoms with van der Waals surface area (Å²) in [5, 5.41) is 1.65. The van der Waals surface area contributed by atoms with Gasteiger partial charge in [-0.1, -0.05) is 61.6 Å². The van der Waals surface area contributed by atoms with Crippen LogP contribution in [-0.4, -0.2) is 24.4 Å². The molecule has 0 radical (unpaired) electrons. The van der Waals surface area contributed by atoms with Crippen LogP contribution in [0.3, 0.4) is 0 Å². The predicted octanol–water partition coefficient (Wildman–Crippen LogP) is 5.83. The molecule has 0 aliphatic carbocycles. The third kappa shape index (κ3) is 7.67. The topological polar surface area (TPSA) is 3.24 Å². The van der Waals surface area contributed by atoms with Gasteiger partial charge in [0.05, 0.1) is 1.37 Å². The molecule has 0 aliphatic heterocycles. The number of halogens is 2. The molecule has 1 nitrogen and oxygen atoms in total. The van der Waals surface area contributed by atoms with Crippen LogP contribution in [0.5, 0.6) is 0 Å². The fraction of sp³-hybridized carbons (Fsp3) is 0.625. The van der Waals surface area contributed by atoms with E-state index in [1.54, 1.807) is 0 Å². The van der Waals surface area contributed by atoms with Crippen molar-refractivity contribution in [1.29, 1.82) is 0 Å². The van der Waals surface area contributed by atoms with Crippen molar-refractivity contribution in [3.8, 4) is 0 Å². The van der Waals surface area contributed by atoms with Crippen molar-refractivity contribution in [2.45, 2.75) is 51.9 Å². The zero-order valence-electron chi connectivity index (χ0n) is 15.2. The first-order valence-corrected chi connectivity index (χ1v) is 12.1. The van der Waals surface area contributed by atoms with E-state index in [0.717, 1.165) is 5.69 Å². The Morgan fingerprint density at radius 1 is 1.00 bits per heavy atom. The first kappa shape index (κ1) is 19.7. The number of benzene rings is 1. The van der Waals surface area contributed by atoms with E-state index in [4.69, 9.17) is 20.4 Å². The van der Waals surface area contributed by atoms with E-state index in [9.17, 15) is 0 Å². The molecule has 5 heteroatoms. The van der Waals surface area contributed by atoms with Gasteiger partial charge >= 0.3 is 35.0 Å². The molecule has 1 aromatic carbocycles. The maximum atomic E-state index is 8.38. The van der Waals surface area contributed by atoms with Crippen molar-refractivity contribution >= 4 is 38.0 Å². The van der Waals surface area contributed by atoms with E-state index in [2.05, 4.69) is 58.6 Å². The predicted molar refractivity (Wildman–Crippen MR) is 98.5 cm³/mol. The second-order valence-electron chi connectivity index (χ2n) is 7.05. The third-order valence-corrected chi connectivity index (χ3v) is 6.32. The quantitative estimate of drug-likeness (QED) is 0.410. The van der Waals surface area contributed by atoms with Gasteiger partial charge in [-0.25, -0.2) is 0 Å². The second-order valence-corrected chi connectivity index (χ2v) is 13.2. The standard InChI is InChI=1S/C16H28NP.2ClH.Pd/c1-15(2,3)18(16(4,5)6)14-11-9-13(10-12-14)17(7)8;;;/h9-12H,1-8H3;2*1H;/q;;;+2/p-2/i11D;;;. The molecule has 0 aliphatic rings. The summed E-state index contributed by atoms with van der Waals surface area (Å²) in [7, 11) is 13.3. The Labute approximate surface area is 150 Å².